The van der Waals surface area contributed by atoms with Crippen LogP contribution in [0.15, 0.2) is 12.3 Å². The van der Waals surface area contributed by atoms with E-state index < -0.39 is 0 Å². The summed E-state index contributed by atoms with van der Waals surface area (Å²) in [6.45, 7) is 9.28. The van der Waals surface area contributed by atoms with Crippen molar-refractivity contribution in [3.63, 3.8) is 0 Å². The number of ether oxygens (including phenoxy) is 1. The smallest absolute Gasteiger partial charge is 0.152 e. The van der Waals surface area contributed by atoms with Crippen molar-refractivity contribution in [3.8, 4) is 0 Å². The highest BCUT2D eigenvalue weighted by Gasteiger charge is 2.49. The van der Waals surface area contributed by atoms with Crippen LogP contribution in [0.2, 0.25) is 5.15 Å². The molecule has 1 fully saturated rings. The third-order valence-corrected chi connectivity index (χ3v) is 4.15. The van der Waals surface area contributed by atoms with E-state index in [9.17, 15) is 0 Å². The topological polar surface area (TPSA) is 34.1 Å². The van der Waals surface area contributed by atoms with E-state index in [1.807, 2.05) is 19.9 Å². The number of nitrogens with zero attached hydrogens (tertiary/aromatic N) is 1. The molecule has 0 amide bonds. The van der Waals surface area contributed by atoms with Crippen molar-refractivity contribution in [2.24, 2.45) is 5.41 Å². The Labute approximate surface area is 114 Å². The summed E-state index contributed by atoms with van der Waals surface area (Å²) in [5.41, 5.74) is 2.16. The van der Waals surface area contributed by atoms with Gasteiger partial charge in [0.05, 0.1) is 11.8 Å². The Morgan fingerprint density at radius 1 is 1.56 bits per heavy atom. The minimum Gasteiger partial charge on any atom is -0.379 e. The number of pyridine rings is 1. The molecule has 1 N–H and O–H groups in total. The average molecular weight is 269 g/mol. The Kier molecular flexibility index (Phi) is 3.83. The lowest BCUT2D eigenvalue weighted by Crippen LogP contribution is -2.58. The van der Waals surface area contributed by atoms with Crippen LogP contribution in [0.25, 0.3) is 0 Å². The van der Waals surface area contributed by atoms with Gasteiger partial charge in [-0.3, -0.25) is 0 Å². The number of halogens is 1. The van der Waals surface area contributed by atoms with Gasteiger partial charge in [0.15, 0.2) is 5.15 Å². The fourth-order valence-electron chi connectivity index (χ4n) is 2.46. The Bertz CT molecular complexity index is 434. The number of rotatable bonds is 4. The molecule has 0 aliphatic heterocycles. The molecule has 0 bridgehead atoms. The summed E-state index contributed by atoms with van der Waals surface area (Å²) < 4.78 is 5.73. The highest BCUT2D eigenvalue weighted by Crippen LogP contribution is 2.44. The van der Waals surface area contributed by atoms with Gasteiger partial charge in [-0.15, -0.1) is 0 Å². The molecule has 2 unspecified atom stereocenters. The van der Waals surface area contributed by atoms with Gasteiger partial charge < -0.3 is 10.1 Å². The van der Waals surface area contributed by atoms with Gasteiger partial charge in [-0.25, -0.2) is 4.98 Å². The Balaban J connectivity index is 2.05. The summed E-state index contributed by atoms with van der Waals surface area (Å²) in [4.78, 5) is 4.16. The molecule has 18 heavy (non-hydrogen) atoms. The van der Waals surface area contributed by atoms with Crippen molar-refractivity contribution >= 4 is 17.3 Å². The van der Waals surface area contributed by atoms with Crippen molar-refractivity contribution in [1.82, 2.24) is 4.98 Å². The van der Waals surface area contributed by atoms with E-state index in [0.717, 1.165) is 24.3 Å². The molecular weight excluding hydrogens is 248 g/mol. The van der Waals surface area contributed by atoms with Gasteiger partial charge >= 0.3 is 0 Å². The molecule has 2 rings (SSSR count). The van der Waals surface area contributed by atoms with Gasteiger partial charge in [0.25, 0.3) is 0 Å². The van der Waals surface area contributed by atoms with Crippen molar-refractivity contribution < 1.29 is 4.74 Å². The molecule has 1 saturated carbocycles. The number of aromatic nitrogens is 1. The summed E-state index contributed by atoms with van der Waals surface area (Å²) in [6, 6.07) is 2.43. The summed E-state index contributed by atoms with van der Waals surface area (Å²) in [6.07, 6.45) is 3.13. The molecule has 2 atom stereocenters. The van der Waals surface area contributed by atoms with Gasteiger partial charge in [-0.2, -0.15) is 0 Å². The van der Waals surface area contributed by atoms with Crippen LogP contribution in [-0.4, -0.2) is 23.7 Å². The fourth-order valence-corrected chi connectivity index (χ4v) is 2.61. The van der Waals surface area contributed by atoms with E-state index in [4.69, 9.17) is 16.3 Å². The van der Waals surface area contributed by atoms with E-state index in [1.165, 1.54) is 0 Å². The minimum absolute atomic E-state index is 0.128. The van der Waals surface area contributed by atoms with Crippen molar-refractivity contribution in [2.45, 2.75) is 46.3 Å². The fraction of sp³-hybridized carbons (Fsp3) is 0.643. The van der Waals surface area contributed by atoms with Crippen LogP contribution < -0.4 is 5.32 Å². The second kappa shape index (κ2) is 5.06. The number of anilines is 1. The van der Waals surface area contributed by atoms with E-state index in [0.29, 0.717) is 17.3 Å². The molecule has 100 valence electrons. The first-order valence-corrected chi connectivity index (χ1v) is 6.83. The lowest BCUT2D eigenvalue weighted by Gasteiger charge is -2.52. The van der Waals surface area contributed by atoms with Crippen LogP contribution in [0.5, 0.6) is 0 Å². The highest BCUT2D eigenvalue weighted by molar-refractivity contribution is 6.32. The van der Waals surface area contributed by atoms with Gasteiger partial charge in [0.2, 0.25) is 0 Å². The Hall–Kier alpha value is -0.800. The maximum Gasteiger partial charge on any atom is 0.152 e. The molecule has 1 aromatic heterocycles. The number of nitrogens with one attached hydrogen (secondary N) is 1. The predicted molar refractivity (Wildman–Crippen MR) is 75.2 cm³/mol. The number of hydrogen-bond donors (Lipinski definition) is 1. The average Bonchev–Trinajstić information content (AvgIpc) is 2.32. The van der Waals surface area contributed by atoms with E-state index >= 15 is 0 Å². The van der Waals surface area contributed by atoms with Crippen molar-refractivity contribution in [2.75, 3.05) is 11.9 Å². The van der Waals surface area contributed by atoms with E-state index in [1.54, 1.807) is 6.20 Å². The van der Waals surface area contributed by atoms with Crippen LogP contribution in [0.4, 0.5) is 5.69 Å². The highest BCUT2D eigenvalue weighted by atomic mass is 35.5. The van der Waals surface area contributed by atoms with Gasteiger partial charge in [0, 0.05) is 24.3 Å². The van der Waals surface area contributed by atoms with Crippen LogP contribution in [0.1, 0.15) is 32.8 Å². The lowest BCUT2D eigenvalue weighted by molar-refractivity contribution is -0.0976. The Morgan fingerprint density at radius 2 is 2.28 bits per heavy atom. The number of hydrogen-bond acceptors (Lipinski definition) is 3. The van der Waals surface area contributed by atoms with Crippen LogP contribution in [0.3, 0.4) is 0 Å². The molecule has 0 radical (unpaired) electrons. The molecule has 1 aromatic rings. The zero-order chi connectivity index (χ0) is 13.3. The normalized spacial score (nSPS) is 25.6. The number of aryl methyl sites for hydroxylation is 1. The molecule has 3 nitrogen and oxygen atoms in total. The van der Waals surface area contributed by atoms with Crippen LogP contribution in [0, 0.1) is 12.3 Å². The minimum atomic E-state index is 0.128. The summed E-state index contributed by atoms with van der Waals surface area (Å²) >= 11 is 6.11. The van der Waals surface area contributed by atoms with Gasteiger partial charge in [0.1, 0.15) is 0 Å². The van der Waals surface area contributed by atoms with E-state index in [-0.39, 0.29) is 5.41 Å². The first-order valence-electron chi connectivity index (χ1n) is 6.45. The van der Waals surface area contributed by atoms with E-state index in [2.05, 4.69) is 24.1 Å². The third-order valence-electron chi connectivity index (χ3n) is 3.85. The van der Waals surface area contributed by atoms with Crippen molar-refractivity contribution in [3.05, 3.63) is 23.0 Å². The summed E-state index contributed by atoms with van der Waals surface area (Å²) in [5, 5.41) is 4.03. The largest absolute Gasteiger partial charge is 0.379 e. The van der Waals surface area contributed by atoms with Crippen LogP contribution in [-0.2, 0) is 4.74 Å². The Morgan fingerprint density at radius 3 is 2.89 bits per heavy atom. The monoisotopic (exact) mass is 268 g/mol. The molecule has 1 aliphatic carbocycles. The van der Waals surface area contributed by atoms with Crippen LogP contribution >= 0.6 is 11.6 Å². The molecular formula is C14H21ClN2O. The lowest BCUT2D eigenvalue weighted by atomic mass is 9.64. The van der Waals surface area contributed by atoms with Crippen molar-refractivity contribution in [1.29, 1.82) is 0 Å². The maximum absolute atomic E-state index is 6.11. The maximum atomic E-state index is 6.11. The zero-order valence-electron chi connectivity index (χ0n) is 11.5. The molecule has 1 heterocycles. The molecule has 0 spiro atoms. The summed E-state index contributed by atoms with van der Waals surface area (Å²) in [7, 11) is 0. The molecule has 0 aromatic carbocycles. The third kappa shape index (κ3) is 2.47. The first-order chi connectivity index (χ1) is 8.45. The van der Waals surface area contributed by atoms with Gasteiger partial charge in [-0.05, 0) is 31.9 Å². The predicted octanol–water partition coefficient (Wildman–Crippen LogP) is 3.66. The second-order valence-corrected chi connectivity index (χ2v) is 5.91. The zero-order valence-corrected chi connectivity index (χ0v) is 12.2. The molecule has 0 saturated heterocycles. The first kappa shape index (κ1) is 13.6. The SMILES string of the molecule is CCOC1CC(Nc2cc(C)cnc2Cl)C1(C)C. The molecule has 1 aliphatic rings. The standard InChI is InChI=1S/C14H21ClN2O/c1-5-18-12-7-11(14(12,3)4)17-10-6-9(2)8-16-13(10)15/h6,8,11-12,17H,5,7H2,1-4H3. The summed E-state index contributed by atoms with van der Waals surface area (Å²) in [5.74, 6) is 0. The van der Waals surface area contributed by atoms with Gasteiger partial charge in [-0.1, -0.05) is 25.4 Å². The molecule has 4 heteroatoms. The second-order valence-electron chi connectivity index (χ2n) is 5.55. The quantitative estimate of drug-likeness (QED) is 0.847.